The van der Waals surface area contributed by atoms with Crippen LogP contribution in [0.25, 0.3) is 0 Å². The topological polar surface area (TPSA) is 104 Å². The summed E-state index contributed by atoms with van der Waals surface area (Å²) in [6, 6.07) is -1.00. The summed E-state index contributed by atoms with van der Waals surface area (Å²) in [6.07, 6.45) is 2.56. The minimum atomic E-state index is -1.29. The van der Waals surface area contributed by atoms with Crippen LogP contribution in [0.3, 0.4) is 0 Å². The maximum Gasteiger partial charge on any atom is 0.329 e. The lowest BCUT2D eigenvalue weighted by molar-refractivity contribution is -0.144. The lowest BCUT2D eigenvalue weighted by Crippen LogP contribution is -2.55. The number of aryl methyl sites for hydroxylation is 1. The highest BCUT2D eigenvalue weighted by molar-refractivity contribution is 5.85. The second kappa shape index (κ2) is 6.40. The Balaban J connectivity index is 2.64. The summed E-state index contributed by atoms with van der Waals surface area (Å²) >= 11 is 0. The number of carbonyl (C=O) groups excluding carboxylic acids is 1. The van der Waals surface area contributed by atoms with E-state index in [0.717, 1.165) is 0 Å². The molecular formula is C13H21N3O4. The number of amides is 2. The van der Waals surface area contributed by atoms with Crippen molar-refractivity contribution in [1.29, 1.82) is 0 Å². The lowest BCUT2D eigenvalue weighted by atomic mass is 9.97. The summed E-state index contributed by atoms with van der Waals surface area (Å²) in [5.74, 6) is -0.0327. The fourth-order valence-electron chi connectivity index (χ4n) is 1.84. The van der Waals surface area contributed by atoms with Crippen molar-refractivity contribution >= 4 is 12.0 Å². The molecule has 1 aromatic heterocycles. The zero-order valence-electron chi connectivity index (χ0n) is 12.2. The second-order valence-corrected chi connectivity index (χ2v) is 5.02. The number of aliphatic carboxylic acids is 1. The molecule has 112 valence electrons. The van der Waals surface area contributed by atoms with Crippen molar-refractivity contribution < 1.29 is 19.1 Å². The van der Waals surface area contributed by atoms with Crippen molar-refractivity contribution in [2.24, 2.45) is 0 Å². The third-order valence-electron chi connectivity index (χ3n) is 2.97. The zero-order valence-corrected chi connectivity index (χ0v) is 12.2. The third-order valence-corrected chi connectivity index (χ3v) is 2.97. The number of carboxylic acid groups (broad SMARTS) is 1. The monoisotopic (exact) mass is 283 g/mol. The van der Waals surface area contributed by atoms with Gasteiger partial charge in [-0.2, -0.15) is 0 Å². The van der Waals surface area contributed by atoms with Gasteiger partial charge in [-0.05, 0) is 27.2 Å². The molecular weight excluding hydrogens is 262 g/mol. The van der Waals surface area contributed by atoms with Crippen molar-refractivity contribution in [2.45, 2.75) is 52.1 Å². The van der Waals surface area contributed by atoms with Crippen LogP contribution in [0.15, 0.2) is 10.6 Å². The minimum Gasteiger partial charge on any atom is -0.480 e. The molecule has 2 amide bonds. The number of carbonyl (C=O) groups is 2. The fourth-order valence-corrected chi connectivity index (χ4v) is 1.84. The van der Waals surface area contributed by atoms with E-state index in [1.807, 2.05) is 6.92 Å². The van der Waals surface area contributed by atoms with E-state index in [1.165, 1.54) is 6.92 Å². The SMILES string of the molecule is CCCC(C)(NC(=O)NC(C)c1ncc(C)o1)C(=O)O. The number of nitrogens with zero attached hydrogens (tertiary/aromatic N) is 1. The van der Waals surface area contributed by atoms with Crippen LogP contribution in [0.1, 0.15) is 51.3 Å². The predicted octanol–water partition coefficient (Wildman–Crippen LogP) is 1.99. The van der Waals surface area contributed by atoms with Gasteiger partial charge in [0.1, 0.15) is 17.3 Å². The summed E-state index contributed by atoms with van der Waals surface area (Å²) in [6.45, 7) is 6.81. The first-order valence-electron chi connectivity index (χ1n) is 6.53. The van der Waals surface area contributed by atoms with Gasteiger partial charge in [0, 0.05) is 0 Å². The van der Waals surface area contributed by atoms with Crippen LogP contribution in [-0.2, 0) is 4.79 Å². The second-order valence-electron chi connectivity index (χ2n) is 5.02. The van der Waals surface area contributed by atoms with Crippen LogP contribution in [-0.4, -0.2) is 27.6 Å². The van der Waals surface area contributed by atoms with Gasteiger partial charge in [0.2, 0.25) is 5.89 Å². The van der Waals surface area contributed by atoms with Crippen LogP contribution in [0.2, 0.25) is 0 Å². The van der Waals surface area contributed by atoms with Gasteiger partial charge in [0.05, 0.1) is 6.20 Å². The van der Waals surface area contributed by atoms with E-state index >= 15 is 0 Å². The predicted molar refractivity (Wildman–Crippen MR) is 72.3 cm³/mol. The first kappa shape index (κ1) is 16.0. The molecule has 2 atom stereocenters. The molecule has 1 rings (SSSR count). The zero-order chi connectivity index (χ0) is 15.3. The number of hydrogen-bond acceptors (Lipinski definition) is 4. The average Bonchev–Trinajstić information content (AvgIpc) is 2.75. The highest BCUT2D eigenvalue weighted by Crippen LogP contribution is 2.14. The smallest absolute Gasteiger partial charge is 0.329 e. The Hall–Kier alpha value is -2.05. The van der Waals surface area contributed by atoms with E-state index < -0.39 is 23.6 Å². The Morgan fingerprint density at radius 2 is 2.20 bits per heavy atom. The van der Waals surface area contributed by atoms with Crippen molar-refractivity contribution in [2.75, 3.05) is 0 Å². The van der Waals surface area contributed by atoms with Crippen LogP contribution < -0.4 is 10.6 Å². The molecule has 0 aliphatic rings. The highest BCUT2D eigenvalue weighted by Gasteiger charge is 2.34. The van der Waals surface area contributed by atoms with Crippen LogP contribution in [0.4, 0.5) is 4.79 Å². The molecule has 7 nitrogen and oxygen atoms in total. The molecule has 1 aromatic rings. The number of nitrogens with one attached hydrogen (secondary N) is 2. The van der Waals surface area contributed by atoms with Gasteiger partial charge in [-0.3, -0.25) is 0 Å². The number of aromatic nitrogens is 1. The normalized spacial score (nSPS) is 15.2. The molecule has 0 aromatic carbocycles. The summed E-state index contributed by atoms with van der Waals surface area (Å²) in [5, 5.41) is 14.3. The molecule has 20 heavy (non-hydrogen) atoms. The minimum absolute atomic E-state index is 0.349. The summed E-state index contributed by atoms with van der Waals surface area (Å²) in [7, 11) is 0. The maximum absolute atomic E-state index is 11.9. The Kier molecular flexibility index (Phi) is 5.12. The first-order chi connectivity index (χ1) is 9.28. The van der Waals surface area contributed by atoms with Crippen molar-refractivity contribution in [3.63, 3.8) is 0 Å². The fraction of sp³-hybridized carbons (Fsp3) is 0.615. The molecule has 0 spiro atoms. The van der Waals surface area contributed by atoms with Gasteiger partial charge in [-0.1, -0.05) is 13.3 Å². The van der Waals surface area contributed by atoms with Gasteiger partial charge >= 0.3 is 12.0 Å². The molecule has 0 fully saturated rings. The number of oxazole rings is 1. The average molecular weight is 283 g/mol. The highest BCUT2D eigenvalue weighted by atomic mass is 16.4. The number of rotatable bonds is 6. The van der Waals surface area contributed by atoms with E-state index in [2.05, 4.69) is 15.6 Å². The summed E-state index contributed by atoms with van der Waals surface area (Å²) in [5.41, 5.74) is -1.29. The number of urea groups is 1. The summed E-state index contributed by atoms with van der Waals surface area (Å²) < 4.78 is 5.30. The molecule has 0 aliphatic carbocycles. The van der Waals surface area contributed by atoms with E-state index in [9.17, 15) is 14.7 Å². The van der Waals surface area contributed by atoms with E-state index in [1.54, 1.807) is 20.0 Å². The lowest BCUT2D eigenvalue weighted by Gasteiger charge is -2.26. The standard InChI is InChI=1S/C13H21N3O4/c1-5-6-13(4,11(17)18)16-12(19)15-9(3)10-14-7-8(2)20-10/h7,9H,5-6H2,1-4H3,(H,17,18)(H2,15,16,19). The Labute approximate surface area is 117 Å². The Bertz CT molecular complexity index is 486. The molecule has 0 saturated carbocycles. The van der Waals surface area contributed by atoms with Crippen molar-refractivity contribution in [3.8, 4) is 0 Å². The Morgan fingerprint density at radius 3 is 2.65 bits per heavy atom. The molecule has 0 bridgehead atoms. The van der Waals surface area contributed by atoms with Crippen LogP contribution in [0.5, 0.6) is 0 Å². The number of carboxylic acids is 1. The van der Waals surface area contributed by atoms with Gasteiger partial charge in [-0.25, -0.2) is 14.6 Å². The molecule has 0 saturated heterocycles. The van der Waals surface area contributed by atoms with Gasteiger partial charge in [0.15, 0.2) is 0 Å². The first-order valence-corrected chi connectivity index (χ1v) is 6.53. The third kappa shape index (κ3) is 3.97. The molecule has 3 N–H and O–H groups in total. The number of hydrogen-bond donors (Lipinski definition) is 3. The summed E-state index contributed by atoms with van der Waals surface area (Å²) in [4.78, 5) is 27.1. The van der Waals surface area contributed by atoms with E-state index in [4.69, 9.17) is 4.42 Å². The van der Waals surface area contributed by atoms with Crippen molar-refractivity contribution in [3.05, 3.63) is 17.8 Å². The van der Waals surface area contributed by atoms with Gasteiger partial charge in [-0.15, -0.1) is 0 Å². The maximum atomic E-state index is 11.9. The van der Waals surface area contributed by atoms with Gasteiger partial charge < -0.3 is 20.2 Å². The Morgan fingerprint density at radius 1 is 1.55 bits per heavy atom. The molecule has 2 unspecified atom stereocenters. The van der Waals surface area contributed by atoms with E-state index in [-0.39, 0.29) is 0 Å². The van der Waals surface area contributed by atoms with Crippen LogP contribution in [0, 0.1) is 6.92 Å². The van der Waals surface area contributed by atoms with Crippen molar-refractivity contribution in [1.82, 2.24) is 15.6 Å². The molecule has 1 heterocycles. The largest absolute Gasteiger partial charge is 0.480 e. The molecule has 0 aliphatic heterocycles. The quantitative estimate of drug-likeness (QED) is 0.740. The molecule has 0 radical (unpaired) electrons. The van der Waals surface area contributed by atoms with E-state index in [0.29, 0.717) is 24.5 Å². The van der Waals surface area contributed by atoms with Crippen LogP contribution >= 0.6 is 0 Å². The molecule has 7 heteroatoms. The van der Waals surface area contributed by atoms with Gasteiger partial charge in [0.25, 0.3) is 0 Å².